The van der Waals surface area contributed by atoms with Crippen LogP contribution in [0.4, 0.5) is 0 Å². The van der Waals surface area contributed by atoms with Crippen molar-refractivity contribution >= 4 is 5.97 Å². The summed E-state index contributed by atoms with van der Waals surface area (Å²) in [4.78, 5) is 15.9. The summed E-state index contributed by atoms with van der Waals surface area (Å²) >= 11 is 0. The molecule has 0 N–H and O–H groups in total. The van der Waals surface area contributed by atoms with E-state index >= 15 is 0 Å². The van der Waals surface area contributed by atoms with Gasteiger partial charge in [0, 0.05) is 24.5 Å². The number of methoxy groups -OCH3 is 1. The largest absolute Gasteiger partial charge is 0.465 e. The second kappa shape index (κ2) is 6.48. The van der Waals surface area contributed by atoms with E-state index < -0.39 is 0 Å². The molecule has 0 spiro atoms. The fourth-order valence-corrected chi connectivity index (χ4v) is 2.54. The van der Waals surface area contributed by atoms with E-state index in [9.17, 15) is 4.79 Å². The maximum Gasteiger partial charge on any atom is 0.337 e. The zero-order valence-corrected chi connectivity index (χ0v) is 13.2. The molecule has 0 saturated carbocycles. The number of ether oxygens (including phenoxy) is 1. The highest BCUT2D eigenvalue weighted by Crippen LogP contribution is 2.20. The number of aromatic nitrogens is 2. The van der Waals surface area contributed by atoms with Gasteiger partial charge in [0.05, 0.1) is 12.7 Å². The first-order valence-corrected chi connectivity index (χ1v) is 7.43. The third-order valence-electron chi connectivity index (χ3n) is 3.72. The molecular formula is C19H18N2O2. The summed E-state index contributed by atoms with van der Waals surface area (Å²) in [5.41, 5.74) is 3.96. The van der Waals surface area contributed by atoms with Crippen LogP contribution in [0.25, 0.3) is 11.4 Å². The lowest BCUT2D eigenvalue weighted by molar-refractivity contribution is 0.0600. The van der Waals surface area contributed by atoms with Crippen LogP contribution < -0.4 is 0 Å². The highest BCUT2D eigenvalue weighted by atomic mass is 16.5. The Hall–Kier alpha value is -2.88. The maximum absolute atomic E-state index is 11.5. The lowest BCUT2D eigenvalue weighted by Gasteiger charge is -2.09. The van der Waals surface area contributed by atoms with Gasteiger partial charge >= 0.3 is 5.97 Å². The van der Waals surface area contributed by atoms with Crippen LogP contribution in [0.3, 0.4) is 0 Å². The number of carbonyl (C=O) groups is 1. The first kappa shape index (κ1) is 15.0. The fraction of sp³-hybridized carbons (Fsp3) is 0.158. The summed E-state index contributed by atoms with van der Waals surface area (Å²) < 4.78 is 6.82. The summed E-state index contributed by atoms with van der Waals surface area (Å²) in [7, 11) is 1.38. The first-order valence-electron chi connectivity index (χ1n) is 7.43. The Kier molecular flexibility index (Phi) is 4.24. The molecule has 2 aromatic carbocycles. The number of esters is 1. The van der Waals surface area contributed by atoms with Gasteiger partial charge in [-0.3, -0.25) is 0 Å². The SMILES string of the molecule is COC(=O)c1ccc(Cn2ccnc2-c2cccc(C)c2)cc1. The van der Waals surface area contributed by atoms with Crippen molar-refractivity contribution in [2.75, 3.05) is 7.11 Å². The van der Waals surface area contributed by atoms with Crippen LogP contribution in [0, 0.1) is 6.92 Å². The van der Waals surface area contributed by atoms with E-state index in [2.05, 4.69) is 34.7 Å². The van der Waals surface area contributed by atoms with Crippen molar-refractivity contribution in [3.63, 3.8) is 0 Å². The van der Waals surface area contributed by atoms with Crippen molar-refractivity contribution in [3.8, 4) is 11.4 Å². The number of benzene rings is 2. The molecule has 0 saturated heterocycles. The molecule has 0 atom stereocenters. The average Bonchev–Trinajstić information content (AvgIpc) is 3.03. The van der Waals surface area contributed by atoms with E-state index in [1.165, 1.54) is 12.7 Å². The molecule has 116 valence electrons. The van der Waals surface area contributed by atoms with Gasteiger partial charge in [-0.15, -0.1) is 0 Å². The van der Waals surface area contributed by atoms with Crippen molar-refractivity contribution in [1.82, 2.24) is 9.55 Å². The zero-order chi connectivity index (χ0) is 16.2. The van der Waals surface area contributed by atoms with Gasteiger partial charge < -0.3 is 9.30 Å². The number of imidazole rings is 1. The Labute approximate surface area is 135 Å². The second-order valence-corrected chi connectivity index (χ2v) is 5.44. The third kappa shape index (κ3) is 3.31. The summed E-state index contributed by atoms with van der Waals surface area (Å²) in [6, 6.07) is 15.7. The Morgan fingerprint density at radius 2 is 1.96 bits per heavy atom. The molecule has 23 heavy (non-hydrogen) atoms. The summed E-state index contributed by atoms with van der Waals surface area (Å²) in [5, 5.41) is 0. The molecule has 4 heteroatoms. The molecule has 0 radical (unpaired) electrons. The molecule has 3 aromatic rings. The Balaban J connectivity index is 1.84. The Bertz CT molecular complexity index is 819. The average molecular weight is 306 g/mol. The third-order valence-corrected chi connectivity index (χ3v) is 3.72. The van der Waals surface area contributed by atoms with E-state index in [1.807, 2.05) is 24.4 Å². The number of hydrogen-bond acceptors (Lipinski definition) is 3. The normalized spacial score (nSPS) is 10.5. The second-order valence-electron chi connectivity index (χ2n) is 5.44. The number of hydrogen-bond donors (Lipinski definition) is 0. The predicted molar refractivity (Wildman–Crippen MR) is 89.3 cm³/mol. The van der Waals surface area contributed by atoms with Gasteiger partial charge in [0.15, 0.2) is 0 Å². The smallest absolute Gasteiger partial charge is 0.337 e. The standard InChI is InChI=1S/C19H18N2O2/c1-14-4-3-5-17(12-14)18-20-10-11-21(18)13-15-6-8-16(9-7-15)19(22)23-2/h3-12H,13H2,1-2H3. The number of aryl methyl sites for hydroxylation is 1. The Morgan fingerprint density at radius 3 is 2.65 bits per heavy atom. The predicted octanol–water partition coefficient (Wildman–Crippen LogP) is 3.69. The molecule has 0 aliphatic heterocycles. The van der Waals surface area contributed by atoms with Gasteiger partial charge in [-0.2, -0.15) is 0 Å². The molecule has 0 unspecified atom stereocenters. The molecule has 0 aliphatic rings. The fourth-order valence-electron chi connectivity index (χ4n) is 2.54. The monoisotopic (exact) mass is 306 g/mol. The van der Waals surface area contributed by atoms with Gasteiger partial charge in [-0.1, -0.05) is 35.9 Å². The molecule has 0 bridgehead atoms. The molecule has 0 amide bonds. The van der Waals surface area contributed by atoms with Crippen LogP contribution in [0.2, 0.25) is 0 Å². The van der Waals surface area contributed by atoms with Crippen molar-refractivity contribution < 1.29 is 9.53 Å². The molecular weight excluding hydrogens is 288 g/mol. The minimum atomic E-state index is -0.320. The van der Waals surface area contributed by atoms with Crippen LogP contribution in [-0.4, -0.2) is 22.6 Å². The molecule has 4 nitrogen and oxygen atoms in total. The molecule has 3 rings (SSSR count). The Morgan fingerprint density at radius 1 is 1.17 bits per heavy atom. The maximum atomic E-state index is 11.5. The molecule has 1 heterocycles. The van der Waals surface area contributed by atoms with Gasteiger partial charge in [0.2, 0.25) is 0 Å². The molecule has 0 aliphatic carbocycles. The van der Waals surface area contributed by atoms with E-state index in [-0.39, 0.29) is 5.97 Å². The van der Waals surface area contributed by atoms with Gasteiger partial charge in [0.1, 0.15) is 5.82 Å². The topological polar surface area (TPSA) is 44.1 Å². The van der Waals surface area contributed by atoms with Crippen LogP contribution in [0.15, 0.2) is 60.9 Å². The van der Waals surface area contributed by atoms with E-state index in [1.54, 1.807) is 18.3 Å². The van der Waals surface area contributed by atoms with Gasteiger partial charge in [-0.05, 0) is 30.7 Å². The van der Waals surface area contributed by atoms with Crippen molar-refractivity contribution in [1.29, 1.82) is 0 Å². The summed E-state index contributed by atoms with van der Waals surface area (Å²) in [6.45, 7) is 2.77. The van der Waals surface area contributed by atoms with Crippen LogP contribution in [0.1, 0.15) is 21.5 Å². The lowest BCUT2D eigenvalue weighted by atomic mass is 10.1. The number of nitrogens with zero attached hydrogens (tertiary/aromatic N) is 2. The highest BCUT2D eigenvalue weighted by molar-refractivity contribution is 5.89. The van der Waals surface area contributed by atoms with Gasteiger partial charge in [-0.25, -0.2) is 9.78 Å². The molecule has 0 fully saturated rings. The number of carbonyl (C=O) groups excluding carboxylic acids is 1. The van der Waals surface area contributed by atoms with Crippen LogP contribution >= 0.6 is 0 Å². The first-order chi connectivity index (χ1) is 11.2. The van der Waals surface area contributed by atoms with Crippen LogP contribution in [0.5, 0.6) is 0 Å². The summed E-state index contributed by atoms with van der Waals surface area (Å²) in [5.74, 6) is 0.616. The van der Waals surface area contributed by atoms with Crippen LogP contribution in [-0.2, 0) is 11.3 Å². The quantitative estimate of drug-likeness (QED) is 0.690. The van der Waals surface area contributed by atoms with E-state index in [0.29, 0.717) is 12.1 Å². The van der Waals surface area contributed by atoms with E-state index in [0.717, 1.165) is 17.0 Å². The number of rotatable bonds is 4. The van der Waals surface area contributed by atoms with Gasteiger partial charge in [0.25, 0.3) is 0 Å². The van der Waals surface area contributed by atoms with Crippen molar-refractivity contribution in [2.24, 2.45) is 0 Å². The van der Waals surface area contributed by atoms with Crippen molar-refractivity contribution in [3.05, 3.63) is 77.6 Å². The zero-order valence-electron chi connectivity index (χ0n) is 13.2. The van der Waals surface area contributed by atoms with E-state index in [4.69, 9.17) is 4.74 Å². The summed E-state index contributed by atoms with van der Waals surface area (Å²) in [6.07, 6.45) is 3.77. The minimum Gasteiger partial charge on any atom is -0.465 e. The lowest BCUT2D eigenvalue weighted by Crippen LogP contribution is -2.03. The highest BCUT2D eigenvalue weighted by Gasteiger charge is 2.08. The van der Waals surface area contributed by atoms with Crippen molar-refractivity contribution in [2.45, 2.75) is 13.5 Å². The minimum absolute atomic E-state index is 0.320. The molecule has 1 aromatic heterocycles.